The molecule has 0 bridgehead atoms. The second kappa shape index (κ2) is 7.55. The summed E-state index contributed by atoms with van der Waals surface area (Å²) in [4.78, 5) is 25.6. The van der Waals surface area contributed by atoms with E-state index in [1.807, 2.05) is 43.0 Å². The van der Waals surface area contributed by atoms with Gasteiger partial charge in [-0.25, -0.2) is 9.97 Å². The van der Waals surface area contributed by atoms with Crippen LogP contribution < -0.4 is 5.73 Å². The smallest absolute Gasteiger partial charge is 0.225 e. The number of hydrogen-bond donors (Lipinski definition) is 1. The first-order valence-corrected chi connectivity index (χ1v) is 8.94. The number of para-hydroxylation sites is 1. The normalized spacial score (nSPS) is 16.2. The van der Waals surface area contributed by atoms with Crippen molar-refractivity contribution in [3.8, 4) is 0 Å². The number of ether oxygens (including phenoxy) is 1. The Morgan fingerprint density at radius 3 is 2.58 bits per heavy atom. The number of carbonyl (C=O) groups is 1. The monoisotopic (exact) mass is 357 g/mol. The number of nitrogens with zero attached hydrogens (tertiary/aromatic N) is 4. The number of piperazine rings is 1. The molecule has 0 radical (unpaired) electrons. The quantitative estimate of drug-likeness (QED) is 0.876. The average Bonchev–Trinajstić information content (AvgIpc) is 2.62. The van der Waals surface area contributed by atoms with Crippen LogP contribution in [-0.4, -0.2) is 64.6 Å². The van der Waals surface area contributed by atoms with Crippen LogP contribution in [0.2, 0.25) is 0 Å². The number of anilines is 1. The van der Waals surface area contributed by atoms with Crippen molar-refractivity contribution in [2.45, 2.75) is 32.4 Å². The van der Waals surface area contributed by atoms with Crippen molar-refractivity contribution in [1.82, 2.24) is 19.8 Å². The molecule has 2 aromatic rings. The lowest BCUT2D eigenvalue weighted by Crippen LogP contribution is -2.49. The van der Waals surface area contributed by atoms with Crippen molar-refractivity contribution in [1.29, 1.82) is 0 Å². The summed E-state index contributed by atoms with van der Waals surface area (Å²) in [6.07, 6.45) is 0.397. The molecule has 1 saturated heterocycles. The Morgan fingerprint density at radius 1 is 1.19 bits per heavy atom. The third kappa shape index (κ3) is 4.28. The van der Waals surface area contributed by atoms with Gasteiger partial charge in [-0.3, -0.25) is 9.69 Å². The first-order valence-electron chi connectivity index (χ1n) is 8.94. The molecule has 26 heavy (non-hydrogen) atoms. The third-order valence-corrected chi connectivity index (χ3v) is 4.90. The van der Waals surface area contributed by atoms with Crippen molar-refractivity contribution < 1.29 is 9.53 Å². The number of fused-ring (bicyclic) bond motifs is 1. The van der Waals surface area contributed by atoms with Crippen molar-refractivity contribution in [3.63, 3.8) is 0 Å². The molecular formula is C19H27N5O2. The molecule has 0 spiro atoms. The highest BCUT2D eigenvalue weighted by molar-refractivity contribution is 5.87. The molecule has 7 nitrogen and oxygen atoms in total. The number of carbonyl (C=O) groups excluding carboxylic acids is 1. The molecule has 7 heteroatoms. The number of aromatic nitrogens is 2. The fraction of sp³-hybridized carbons (Fsp3) is 0.526. The van der Waals surface area contributed by atoms with Crippen LogP contribution in [0.3, 0.4) is 0 Å². The van der Waals surface area contributed by atoms with Crippen molar-refractivity contribution in [3.05, 3.63) is 30.1 Å². The van der Waals surface area contributed by atoms with E-state index in [4.69, 9.17) is 10.5 Å². The molecule has 140 valence electrons. The maximum Gasteiger partial charge on any atom is 0.225 e. The van der Waals surface area contributed by atoms with Gasteiger partial charge in [0.25, 0.3) is 0 Å². The number of benzene rings is 1. The predicted octanol–water partition coefficient (Wildman–Crippen LogP) is 1.67. The van der Waals surface area contributed by atoms with Crippen LogP contribution >= 0.6 is 0 Å². The number of hydrogen-bond acceptors (Lipinski definition) is 6. The van der Waals surface area contributed by atoms with Gasteiger partial charge >= 0.3 is 0 Å². The highest BCUT2D eigenvalue weighted by atomic mass is 16.5. The van der Waals surface area contributed by atoms with Gasteiger partial charge in [-0.1, -0.05) is 12.1 Å². The summed E-state index contributed by atoms with van der Waals surface area (Å²) < 4.78 is 5.36. The van der Waals surface area contributed by atoms with E-state index in [1.165, 1.54) is 0 Å². The number of methoxy groups -OCH3 is 1. The number of nitrogen functional groups attached to an aromatic ring is 1. The van der Waals surface area contributed by atoms with Gasteiger partial charge in [-0.2, -0.15) is 0 Å². The minimum atomic E-state index is -0.426. The highest BCUT2D eigenvalue weighted by Crippen LogP contribution is 2.19. The van der Waals surface area contributed by atoms with E-state index in [1.54, 1.807) is 7.11 Å². The lowest BCUT2D eigenvalue weighted by molar-refractivity contribution is -0.138. The maximum atomic E-state index is 12.4. The molecular weight excluding hydrogens is 330 g/mol. The van der Waals surface area contributed by atoms with Gasteiger partial charge in [-0.15, -0.1) is 0 Å². The van der Waals surface area contributed by atoms with Gasteiger partial charge in [0.05, 0.1) is 24.1 Å². The van der Waals surface area contributed by atoms with Gasteiger partial charge < -0.3 is 15.4 Å². The fourth-order valence-electron chi connectivity index (χ4n) is 3.13. The summed E-state index contributed by atoms with van der Waals surface area (Å²) >= 11 is 0. The Bertz CT molecular complexity index is 785. The van der Waals surface area contributed by atoms with E-state index < -0.39 is 5.60 Å². The third-order valence-electron chi connectivity index (χ3n) is 4.90. The van der Waals surface area contributed by atoms with Gasteiger partial charge in [-0.05, 0) is 26.0 Å². The summed E-state index contributed by atoms with van der Waals surface area (Å²) in [5, 5.41) is 0.882. The second-order valence-corrected chi connectivity index (χ2v) is 7.34. The predicted molar refractivity (Wildman–Crippen MR) is 102 cm³/mol. The van der Waals surface area contributed by atoms with Crippen molar-refractivity contribution in [2.75, 3.05) is 39.0 Å². The van der Waals surface area contributed by atoms with E-state index in [9.17, 15) is 4.79 Å². The molecule has 0 atom stereocenters. The molecule has 1 aromatic carbocycles. The SMILES string of the molecule is COC(C)(C)CC(=O)N1CCN(Cc2nc(N)c3ccccc3n2)CC1. The van der Waals surface area contributed by atoms with Crippen LogP contribution in [0.15, 0.2) is 24.3 Å². The topological polar surface area (TPSA) is 84.6 Å². The molecule has 3 rings (SSSR count). The zero-order valence-electron chi connectivity index (χ0n) is 15.7. The minimum absolute atomic E-state index is 0.141. The van der Waals surface area contributed by atoms with E-state index in [0.29, 0.717) is 31.9 Å². The minimum Gasteiger partial charge on any atom is -0.383 e. The molecule has 1 aliphatic heterocycles. The molecule has 0 saturated carbocycles. The zero-order chi connectivity index (χ0) is 18.7. The van der Waals surface area contributed by atoms with Gasteiger partial charge in [0.1, 0.15) is 11.6 Å². The zero-order valence-corrected chi connectivity index (χ0v) is 15.7. The second-order valence-electron chi connectivity index (χ2n) is 7.34. The van der Waals surface area contributed by atoms with Gasteiger partial charge in [0.15, 0.2) is 0 Å². The first-order chi connectivity index (χ1) is 12.4. The summed E-state index contributed by atoms with van der Waals surface area (Å²) in [6, 6.07) is 7.76. The van der Waals surface area contributed by atoms with E-state index in [2.05, 4.69) is 14.9 Å². The van der Waals surface area contributed by atoms with Crippen LogP contribution in [0.4, 0.5) is 5.82 Å². The van der Waals surface area contributed by atoms with Crippen molar-refractivity contribution in [2.24, 2.45) is 0 Å². The lowest BCUT2D eigenvalue weighted by Gasteiger charge is -2.36. The van der Waals surface area contributed by atoms with Crippen molar-refractivity contribution >= 4 is 22.6 Å². The Morgan fingerprint density at radius 2 is 1.88 bits per heavy atom. The van der Waals surface area contributed by atoms with Gasteiger partial charge in [0, 0.05) is 38.7 Å². The van der Waals surface area contributed by atoms with Crippen LogP contribution in [0, 0.1) is 0 Å². The molecule has 2 heterocycles. The van der Waals surface area contributed by atoms with Crippen LogP contribution in [0.25, 0.3) is 10.9 Å². The molecule has 1 amide bonds. The first kappa shape index (κ1) is 18.5. The molecule has 0 unspecified atom stereocenters. The molecule has 1 fully saturated rings. The summed E-state index contributed by atoms with van der Waals surface area (Å²) in [7, 11) is 1.64. The molecule has 1 aromatic heterocycles. The average molecular weight is 357 g/mol. The number of rotatable bonds is 5. The Balaban J connectivity index is 1.58. The van der Waals surface area contributed by atoms with Crippen LogP contribution in [0.1, 0.15) is 26.1 Å². The summed E-state index contributed by atoms with van der Waals surface area (Å²) in [5.41, 5.74) is 6.50. The molecule has 1 aliphatic rings. The molecule has 0 aliphatic carbocycles. The van der Waals surface area contributed by atoms with E-state index in [-0.39, 0.29) is 5.91 Å². The fourth-order valence-corrected chi connectivity index (χ4v) is 3.13. The summed E-state index contributed by atoms with van der Waals surface area (Å²) in [6.45, 7) is 7.53. The van der Waals surface area contributed by atoms with Crippen LogP contribution in [0.5, 0.6) is 0 Å². The Kier molecular flexibility index (Phi) is 5.38. The largest absolute Gasteiger partial charge is 0.383 e. The lowest BCUT2D eigenvalue weighted by atomic mass is 10.0. The number of nitrogens with two attached hydrogens (primary N) is 1. The Labute approximate surface area is 154 Å². The summed E-state index contributed by atoms with van der Waals surface area (Å²) in [5.74, 6) is 1.38. The maximum absolute atomic E-state index is 12.4. The standard InChI is InChI=1S/C19H27N5O2/c1-19(2,26-3)12-17(25)24-10-8-23(9-11-24)13-16-21-15-7-5-4-6-14(15)18(20)22-16/h4-7H,8-13H2,1-3H3,(H2,20,21,22). The van der Waals surface area contributed by atoms with Gasteiger partial charge in [0.2, 0.25) is 5.91 Å². The van der Waals surface area contributed by atoms with Crippen LogP contribution in [-0.2, 0) is 16.1 Å². The van der Waals surface area contributed by atoms with E-state index in [0.717, 1.165) is 29.8 Å². The number of amides is 1. The molecule has 2 N–H and O–H groups in total. The Hall–Kier alpha value is -2.25. The highest BCUT2D eigenvalue weighted by Gasteiger charge is 2.27. The van der Waals surface area contributed by atoms with E-state index >= 15 is 0 Å².